The van der Waals surface area contributed by atoms with Gasteiger partial charge in [0.15, 0.2) is 0 Å². The van der Waals surface area contributed by atoms with Crippen LogP contribution in [0.2, 0.25) is 0 Å². The Balaban J connectivity index is 1.59. The molecule has 4 amide bonds. The minimum Gasteiger partial charge on any atom is -0.496 e. The summed E-state index contributed by atoms with van der Waals surface area (Å²) in [4.78, 5) is 37.6. The van der Waals surface area contributed by atoms with Crippen molar-refractivity contribution in [1.82, 2.24) is 15.5 Å². The molecule has 3 rings (SSSR count). The highest BCUT2D eigenvalue weighted by Gasteiger charge is 2.56. The Morgan fingerprint density at radius 1 is 1.38 bits per heavy atom. The lowest BCUT2D eigenvalue weighted by molar-refractivity contribution is -0.135. The number of hydrogen-bond donors (Lipinski definition) is 2. The van der Waals surface area contributed by atoms with Crippen LogP contribution in [0.25, 0.3) is 0 Å². The number of para-hydroxylation sites is 1. The second kappa shape index (κ2) is 6.14. The SMILES string of the molecule is COc1ccccc1CNC(=O)CN1C(=O)NC(C)(C2CC2)C1=O. The fourth-order valence-electron chi connectivity index (χ4n) is 3.04. The van der Waals surface area contributed by atoms with Crippen LogP contribution in [0.4, 0.5) is 4.79 Å². The maximum atomic E-state index is 12.5. The molecule has 1 aliphatic heterocycles. The van der Waals surface area contributed by atoms with Crippen LogP contribution < -0.4 is 15.4 Å². The van der Waals surface area contributed by atoms with Crippen molar-refractivity contribution in [3.8, 4) is 5.75 Å². The number of methoxy groups -OCH3 is 1. The van der Waals surface area contributed by atoms with Gasteiger partial charge in [-0.25, -0.2) is 4.79 Å². The van der Waals surface area contributed by atoms with Crippen molar-refractivity contribution < 1.29 is 19.1 Å². The van der Waals surface area contributed by atoms with Crippen molar-refractivity contribution in [2.24, 2.45) is 5.92 Å². The first-order valence-electron chi connectivity index (χ1n) is 7.98. The highest BCUT2D eigenvalue weighted by atomic mass is 16.5. The molecule has 0 aromatic heterocycles. The molecule has 0 spiro atoms. The Morgan fingerprint density at radius 2 is 2.08 bits per heavy atom. The normalized spacial score (nSPS) is 23.2. The van der Waals surface area contributed by atoms with Crippen molar-refractivity contribution in [2.75, 3.05) is 13.7 Å². The summed E-state index contributed by atoms with van der Waals surface area (Å²) in [5, 5.41) is 5.45. The van der Waals surface area contributed by atoms with E-state index in [1.807, 2.05) is 18.2 Å². The van der Waals surface area contributed by atoms with Gasteiger partial charge >= 0.3 is 6.03 Å². The van der Waals surface area contributed by atoms with E-state index in [1.165, 1.54) is 0 Å². The standard InChI is InChI=1S/C17H21N3O4/c1-17(12-7-8-12)15(22)20(16(23)19-17)10-14(21)18-9-11-5-3-4-6-13(11)24-2/h3-6,12H,7-10H2,1-2H3,(H,18,21)(H,19,23). The van der Waals surface area contributed by atoms with Crippen molar-refractivity contribution in [1.29, 1.82) is 0 Å². The molecule has 1 heterocycles. The molecule has 1 atom stereocenters. The molecule has 1 aromatic rings. The van der Waals surface area contributed by atoms with Crippen molar-refractivity contribution in [3.05, 3.63) is 29.8 Å². The molecule has 2 N–H and O–H groups in total. The first kappa shape index (κ1) is 16.3. The minimum atomic E-state index is -0.861. The van der Waals surface area contributed by atoms with E-state index in [2.05, 4.69) is 10.6 Å². The van der Waals surface area contributed by atoms with Gasteiger partial charge < -0.3 is 15.4 Å². The highest BCUT2D eigenvalue weighted by molar-refractivity contribution is 6.09. The van der Waals surface area contributed by atoms with Gasteiger partial charge in [0, 0.05) is 12.1 Å². The lowest BCUT2D eigenvalue weighted by atomic mass is 9.96. The number of carbonyl (C=O) groups is 3. The number of imide groups is 1. The number of nitrogens with one attached hydrogen (secondary N) is 2. The molecule has 1 aromatic carbocycles. The quantitative estimate of drug-likeness (QED) is 0.762. The minimum absolute atomic E-state index is 0.176. The molecule has 1 aliphatic carbocycles. The Morgan fingerprint density at radius 3 is 2.75 bits per heavy atom. The maximum Gasteiger partial charge on any atom is 0.325 e. The van der Waals surface area contributed by atoms with Gasteiger partial charge in [0.25, 0.3) is 5.91 Å². The van der Waals surface area contributed by atoms with Gasteiger partial charge in [-0.15, -0.1) is 0 Å². The number of ether oxygens (including phenoxy) is 1. The molecule has 7 heteroatoms. The second-order valence-electron chi connectivity index (χ2n) is 6.39. The van der Waals surface area contributed by atoms with E-state index in [0.717, 1.165) is 23.3 Å². The Labute approximate surface area is 140 Å². The second-order valence-corrected chi connectivity index (χ2v) is 6.39. The Hall–Kier alpha value is -2.57. The summed E-state index contributed by atoms with van der Waals surface area (Å²) in [7, 11) is 1.56. The largest absolute Gasteiger partial charge is 0.496 e. The van der Waals surface area contributed by atoms with Crippen molar-refractivity contribution >= 4 is 17.8 Å². The van der Waals surface area contributed by atoms with Crippen LogP contribution in [-0.2, 0) is 16.1 Å². The lowest BCUT2D eigenvalue weighted by Gasteiger charge is -2.20. The molecule has 24 heavy (non-hydrogen) atoms. The smallest absolute Gasteiger partial charge is 0.325 e. The molecule has 1 saturated heterocycles. The third kappa shape index (κ3) is 2.93. The van der Waals surface area contributed by atoms with E-state index in [0.29, 0.717) is 5.75 Å². The highest BCUT2D eigenvalue weighted by Crippen LogP contribution is 2.42. The summed E-state index contributed by atoms with van der Waals surface area (Å²) in [5.74, 6) is 0.150. The number of rotatable bonds is 6. The van der Waals surface area contributed by atoms with Gasteiger partial charge in [-0.2, -0.15) is 0 Å². The molecule has 1 unspecified atom stereocenters. The van der Waals surface area contributed by atoms with Crippen LogP contribution in [0.1, 0.15) is 25.3 Å². The monoisotopic (exact) mass is 331 g/mol. The van der Waals surface area contributed by atoms with E-state index in [9.17, 15) is 14.4 Å². The van der Waals surface area contributed by atoms with Gasteiger partial charge in [0.1, 0.15) is 17.8 Å². The Bertz CT molecular complexity index is 686. The van der Waals surface area contributed by atoms with Gasteiger partial charge in [-0.05, 0) is 31.7 Å². The summed E-state index contributed by atoms with van der Waals surface area (Å²) in [6.07, 6.45) is 1.85. The summed E-state index contributed by atoms with van der Waals surface area (Å²) >= 11 is 0. The average Bonchev–Trinajstić information content (AvgIpc) is 3.39. The van der Waals surface area contributed by atoms with E-state index in [4.69, 9.17) is 4.74 Å². The molecule has 7 nitrogen and oxygen atoms in total. The third-order valence-corrected chi connectivity index (χ3v) is 4.67. The van der Waals surface area contributed by atoms with Crippen LogP contribution in [0.15, 0.2) is 24.3 Å². The fraction of sp³-hybridized carbons (Fsp3) is 0.471. The zero-order valence-electron chi connectivity index (χ0n) is 13.8. The summed E-state index contributed by atoms with van der Waals surface area (Å²) in [6, 6.07) is 6.84. The van der Waals surface area contributed by atoms with Crippen LogP contribution in [-0.4, -0.2) is 41.9 Å². The predicted octanol–water partition coefficient (Wildman–Crippen LogP) is 1.03. The third-order valence-electron chi connectivity index (χ3n) is 4.67. The summed E-state index contributed by atoms with van der Waals surface area (Å²) < 4.78 is 5.23. The fourth-order valence-corrected chi connectivity index (χ4v) is 3.04. The molecule has 2 aliphatic rings. The number of hydrogen-bond acceptors (Lipinski definition) is 4. The van der Waals surface area contributed by atoms with Gasteiger partial charge in [0.2, 0.25) is 5.91 Å². The van der Waals surface area contributed by atoms with Gasteiger partial charge in [0.05, 0.1) is 7.11 Å². The first-order chi connectivity index (χ1) is 11.5. The van der Waals surface area contributed by atoms with Gasteiger partial charge in [-0.3, -0.25) is 14.5 Å². The van der Waals surface area contributed by atoms with Crippen LogP contribution in [0, 0.1) is 5.92 Å². The number of carbonyl (C=O) groups excluding carboxylic acids is 3. The molecule has 128 valence electrons. The summed E-state index contributed by atoms with van der Waals surface area (Å²) in [6.45, 7) is 1.73. The molecule has 1 saturated carbocycles. The first-order valence-corrected chi connectivity index (χ1v) is 7.98. The Kier molecular flexibility index (Phi) is 4.17. The molecular formula is C17H21N3O4. The van der Waals surface area contributed by atoms with Crippen LogP contribution >= 0.6 is 0 Å². The average molecular weight is 331 g/mol. The van der Waals surface area contributed by atoms with Gasteiger partial charge in [-0.1, -0.05) is 18.2 Å². The molecular weight excluding hydrogens is 310 g/mol. The van der Waals surface area contributed by atoms with Crippen LogP contribution in [0.3, 0.4) is 0 Å². The molecule has 2 fully saturated rings. The van der Waals surface area contributed by atoms with Crippen LogP contribution in [0.5, 0.6) is 5.75 Å². The van der Waals surface area contributed by atoms with E-state index in [1.54, 1.807) is 20.1 Å². The maximum absolute atomic E-state index is 12.5. The van der Waals surface area contributed by atoms with E-state index >= 15 is 0 Å². The van der Waals surface area contributed by atoms with E-state index in [-0.39, 0.29) is 30.8 Å². The van der Waals surface area contributed by atoms with E-state index < -0.39 is 11.6 Å². The topological polar surface area (TPSA) is 87.7 Å². The van der Waals surface area contributed by atoms with Crippen molar-refractivity contribution in [3.63, 3.8) is 0 Å². The summed E-state index contributed by atoms with van der Waals surface area (Å²) in [5.41, 5.74) is -0.0339. The number of benzene rings is 1. The molecule has 0 radical (unpaired) electrons. The number of nitrogens with zero attached hydrogens (tertiary/aromatic N) is 1. The van der Waals surface area contributed by atoms with Crippen molar-refractivity contribution in [2.45, 2.75) is 31.8 Å². The number of amides is 4. The lowest BCUT2D eigenvalue weighted by Crippen LogP contribution is -2.46. The number of urea groups is 1. The zero-order chi connectivity index (χ0) is 17.3. The molecule has 0 bridgehead atoms. The zero-order valence-corrected chi connectivity index (χ0v) is 13.8. The predicted molar refractivity (Wildman–Crippen MR) is 86.2 cm³/mol.